The van der Waals surface area contributed by atoms with Gasteiger partial charge in [-0.05, 0) is 39.4 Å². The van der Waals surface area contributed by atoms with Crippen LogP contribution in [0, 0.1) is 0 Å². The topological polar surface area (TPSA) is 79.8 Å². The summed E-state index contributed by atoms with van der Waals surface area (Å²) in [5.74, 6) is -0.365. The van der Waals surface area contributed by atoms with Crippen LogP contribution in [0.2, 0.25) is 0 Å². The van der Waals surface area contributed by atoms with Gasteiger partial charge >= 0.3 is 5.69 Å². The van der Waals surface area contributed by atoms with Crippen LogP contribution in [0.15, 0.2) is 44.9 Å². The van der Waals surface area contributed by atoms with Gasteiger partial charge in [-0.1, -0.05) is 44.2 Å². The van der Waals surface area contributed by atoms with Crippen molar-refractivity contribution in [3.63, 3.8) is 0 Å². The lowest BCUT2D eigenvalue weighted by Crippen LogP contribution is -2.40. The Hall–Kier alpha value is -2.67. The second-order valence-electron chi connectivity index (χ2n) is 7.27. The Morgan fingerprint density at radius 3 is 2.31 bits per heavy atom. The van der Waals surface area contributed by atoms with Crippen LogP contribution < -0.4 is 11.2 Å². The van der Waals surface area contributed by atoms with E-state index in [0.717, 1.165) is 47.2 Å². The third-order valence-electron chi connectivity index (χ3n) is 5.26. The second-order valence-corrected chi connectivity index (χ2v) is 7.27. The largest absolute Gasteiger partial charge is 0.494 e. The molecule has 1 unspecified atom stereocenters. The first-order valence-corrected chi connectivity index (χ1v) is 10.2. The van der Waals surface area contributed by atoms with Crippen molar-refractivity contribution in [1.82, 2.24) is 14.0 Å². The van der Waals surface area contributed by atoms with E-state index in [4.69, 9.17) is 4.99 Å². The Labute approximate surface area is 171 Å². The van der Waals surface area contributed by atoms with Gasteiger partial charge in [0.05, 0.1) is 5.71 Å². The fourth-order valence-electron chi connectivity index (χ4n) is 3.36. The average Bonchev–Trinajstić information content (AvgIpc) is 2.74. The third-order valence-corrected chi connectivity index (χ3v) is 5.26. The number of aromatic hydroxyl groups is 1. The van der Waals surface area contributed by atoms with E-state index >= 15 is 0 Å². The minimum atomic E-state index is -0.573. The zero-order valence-electron chi connectivity index (χ0n) is 18.1. The van der Waals surface area contributed by atoms with Gasteiger partial charge in [0.2, 0.25) is 5.88 Å². The van der Waals surface area contributed by atoms with Crippen LogP contribution >= 0.6 is 0 Å². The molecule has 0 spiro atoms. The van der Waals surface area contributed by atoms with E-state index in [-0.39, 0.29) is 17.5 Å². The van der Waals surface area contributed by atoms with E-state index < -0.39 is 11.2 Å². The van der Waals surface area contributed by atoms with E-state index in [9.17, 15) is 14.7 Å². The van der Waals surface area contributed by atoms with Gasteiger partial charge in [-0.3, -0.25) is 18.9 Å². The molecule has 0 saturated carbocycles. The van der Waals surface area contributed by atoms with Crippen molar-refractivity contribution in [3.05, 3.63) is 62.3 Å². The molecule has 0 aliphatic carbocycles. The fourth-order valence-corrected chi connectivity index (χ4v) is 3.36. The number of aliphatic imine (C=N–C) groups is 1. The van der Waals surface area contributed by atoms with Crippen LogP contribution in [-0.2, 0) is 14.1 Å². The average molecular weight is 401 g/mol. The van der Waals surface area contributed by atoms with Gasteiger partial charge in [-0.25, -0.2) is 4.79 Å². The molecule has 1 aromatic carbocycles. The number of aromatic nitrogens is 2. The summed E-state index contributed by atoms with van der Waals surface area (Å²) in [7, 11) is 2.85. The number of nitrogens with zero attached hydrogens (tertiary/aromatic N) is 4. The summed E-state index contributed by atoms with van der Waals surface area (Å²) in [4.78, 5) is 32.1. The molecule has 0 radical (unpaired) electrons. The van der Waals surface area contributed by atoms with E-state index in [0.29, 0.717) is 5.71 Å². The molecule has 7 nitrogen and oxygen atoms in total. The maximum absolute atomic E-state index is 12.8. The molecule has 1 atom stereocenters. The molecule has 0 bridgehead atoms. The minimum absolute atomic E-state index is 0.0397. The number of hydrogen-bond donors (Lipinski definition) is 1. The molecule has 0 aliphatic rings. The lowest BCUT2D eigenvalue weighted by Gasteiger charge is -2.19. The maximum atomic E-state index is 12.8. The number of rotatable bonds is 9. The van der Waals surface area contributed by atoms with E-state index in [1.54, 1.807) is 0 Å². The highest BCUT2D eigenvalue weighted by molar-refractivity contribution is 6.14. The summed E-state index contributed by atoms with van der Waals surface area (Å²) < 4.78 is 2.07. The standard InChI is InChI=1S/C22H32N4O3/c1-6-26(7-2)15-11-12-16(3)23-19(17-13-9-8-10-14-17)18-20(27)24(4)22(29)25(5)21(18)28/h8-10,13-14,16,27H,6-7,11-12,15H2,1-5H3. The van der Waals surface area contributed by atoms with Crippen molar-refractivity contribution in [2.24, 2.45) is 19.1 Å². The molecular weight excluding hydrogens is 368 g/mol. The van der Waals surface area contributed by atoms with E-state index in [1.165, 1.54) is 14.1 Å². The Kier molecular flexibility index (Phi) is 7.96. The van der Waals surface area contributed by atoms with Crippen molar-refractivity contribution in [2.45, 2.75) is 39.7 Å². The molecule has 0 saturated heterocycles. The van der Waals surface area contributed by atoms with Gasteiger partial charge in [0.1, 0.15) is 5.56 Å². The molecule has 7 heteroatoms. The molecule has 1 aromatic heterocycles. The normalized spacial score (nSPS) is 13.1. The Morgan fingerprint density at radius 2 is 1.72 bits per heavy atom. The predicted molar refractivity (Wildman–Crippen MR) is 117 cm³/mol. The predicted octanol–water partition coefficient (Wildman–Crippen LogP) is 2.14. The van der Waals surface area contributed by atoms with Crippen LogP contribution in [0.4, 0.5) is 0 Å². The summed E-state index contributed by atoms with van der Waals surface area (Å²) in [6.45, 7) is 9.35. The first-order chi connectivity index (χ1) is 13.8. The summed E-state index contributed by atoms with van der Waals surface area (Å²) in [6, 6.07) is 9.27. The molecule has 1 N–H and O–H groups in total. The molecule has 158 valence electrons. The zero-order chi connectivity index (χ0) is 21.6. The first kappa shape index (κ1) is 22.6. The second kappa shape index (κ2) is 10.2. The molecule has 2 aromatic rings. The number of hydrogen-bond acceptors (Lipinski definition) is 5. The fraction of sp³-hybridized carbons (Fsp3) is 0.500. The van der Waals surface area contributed by atoms with Gasteiger partial charge in [0.15, 0.2) is 0 Å². The highest BCUT2D eigenvalue weighted by Gasteiger charge is 2.22. The van der Waals surface area contributed by atoms with Crippen molar-refractivity contribution in [2.75, 3.05) is 19.6 Å². The summed E-state index contributed by atoms with van der Waals surface area (Å²) >= 11 is 0. The highest BCUT2D eigenvalue weighted by Crippen LogP contribution is 2.18. The van der Waals surface area contributed by atoms with Crippen LogP contribution in [0.25, 0.3) is 0 Å². The van der Waals surface area contributed by atoms with Crippen molar-refractivity contribution < 1.29 is 5.11 Å². The Balaban J connectivity index is 2.47. The van der Waals surface area contributed by atoms with E-state index in [2.05, 4.69) is 18.7 Å². The maximum Gasteiger partial charge on any atom is 0.333 e. The zero-order valence-corrected chi connectivity index (χ0v) is 18.1. The molecule has 0 fully saturated rings. The van der Waals surface area contributed by atoms with Gasteiger partial charge in [0.25, 0.3) is 5.56 Å². The van der Waals surface area contributed by atoms with Crippen molar-refractivity contribution in [3.8, 4) is 5.88 Å². The number of benzene rings is 1. The quantitative estimate of drug-likeness (QED) is 0.654. The minimum Gasteiger partial charge on any atom is -0.494 e. The Morgan fingerprint density at radius 1 is 1.10 bits per heavy atom. The monoisotopic (exact) mass is 400 g/mol. The molecule has 2 rings (SSSR count). The molecular formula is C22H32N4O3. The van der Waals surface area contributed by atoms with Gasteiger partial charge < -0.3 is 10.0 Å². The molecule has 0 amide bonds. The van der Waals surface area contributed by atoms with Crippen LogP contribution in [-0.4, -0.2) is 50.5 Å². The van der Waals surface area contributed by atoms with E-state index in [1.807, 2.05) is 37.3 Å². The first-order valence-electron chi connectivity index (χ1n) is 10.2. The highest BCUT2D eigenvalue weighted by atomic mass is 16.3. The van der Waals surface area contributed by atoms with Crippen LogP contribution in [0.3, 0.4) is 0 Å². The smallest absolute Gasteiger partial charge is 0.333 e. The molecule has 29 heavy (non-hydrogen) atoms. The third kappa shape index (κ3) is 5.23. The van der Waals surface area contributed by atoms with Gasteiger partial charge in [-0.2, -0.15) is 0 Å². The SMILES string of the molecule is CCN(CC)CCCC(C)N=C(c1ccccc1)c1c(O)n(C)c(=O)n(C)c1=O. The summed E-state index contributed by atoms with van der Waals surface area (Å²) in [6.07, 6.45) is 1.85. The van der Waals surface area contributed by atoms with Gasteiger partial charge in [0, 0.05) is 25.7 Å². The molecule has 0 aliphatic heterocycles. The van der Waals surface area contributed by atoms with Crippen LogP contribution in [0.1, 0.15) is 44.7 Å². The van der Waals surface area contributed by atoms with Crippen LogP contribution in [0.5, 0.6) is 5.88 Å². The van der Waals surface area contributed by atoms with Gasteiger partial charge in [-0.15, -0.1) is 0 Å². The van der Waals surface area contributed by atoms with Crippen molar-refractivity contribution in [1.29, 1.82) is 0 Å². The molecule has 1 heterocycles. The lowest BCUT2D eigenvalue weighted by atomic mass is 10.0. The Bertz CT molecular complexity index is 957. The summed E-state index contributed by atoms with van der Waals surface area (Å²) in [5.41, 5.74) is 0.0691. The summed E-state index contributed by atoms with van der Waals surface area (Å²) in [5, 5.41) is 10.6. The van der Waals surface area contributed by atoms with Crippen molar-refractivity contribution >= 4 is 5.71 Å². The lowest BCUT2D eigenvalue weighted by molar-refractivity contribution is 0.294.